The molecule has 3 aromatic rings. The first-order valence-electron chi connectivity index (χ1n) is 9.22. The Hall–Kier alpha value is -3.45. The number of aliphatic hydroxyl groups is 1. The molecule has 3 rings (SSSR count). The van der Waals surface area contributed by atoms with Crippen molar-refractivity contribution >= 4 is 11.8 Å². The fraction of sp³-hybridized carbons (Fsp3) is 0.227. The molecule has 0 saturated heterocycles. The molecule has 0 aliphatic carbocycles. The van der Waals surface area contributed by atoms with Crippen molar-refractivity contribution in [1.29, 1.82) is 0 Å². The van der Waals surface area contributed by atoms with Crippen LogP contribution in [0, 0.1) is 13.8 Å². The molecule has 2 aromatic carbocycles. The third-order valence-electron chi connectivity index (χ3n) is 4.52. The van der Waals surface area contributed by atoms with Crippen LogP contribution in [0.4, 0.5) is 0 Å². The maximum atomic E-state index is 13.0. The lowest BCUT2D eigenvalue weighted by Crippen LogP contribution is -2.50. The number of nitrogens with two attached hydrogens (primary N) is 1. The van der Waals surface area contributed by atoms with Gasteiger partial charge in [0, 0.05) is 12.5 Å². The van der Waals surface area contributed by atoms with E-state index in [9.17, 15) is 14.7 Å². The molecular formula is C22H23N3O4. The number of nitrogens with one attached hydrogen (secondary N) is 1. The molecule has 7 heteroatoms. The van der Waals surface area contributed by atoms with Gasteiger partial charge in [0.25, 0.3) is 5.91 Å². The van der Waals surface area contributed by atoms with Gasteiger partial charge in [-0.2, -0.15) is 0 Å². The maximum absolute atomic E-state index is 13.0. The molecule has 2 amide bonds. The first-order valence-corrected chi connectivity index (χ1v) is 9.22. The number of aliphatic hydroxyl groups excluding tert-OH is 1. The zero-order valence-corrected chi connectivity index (χ0v) is 16.3. The molecule has 0 aliphatic heterocycles. The average molecular weight is 393 g/mol. The Morgan fingerprint density at radius 3 is 2.52 bits per heavy atom. The number of carbonyl (C=O) groups excluding carboxylic acids is 2. The van der Waals surface area contributed by atoms with Crippen molar-refractivity contribution in [2.45, 2.75) is 32.4 Å². The van der Waals surface area contributed by atoms with Gasteiger partial charge < -0.3 is 20.6 Å². The van der Waals surface area contributed by atoms with E-state index in [1.165, 1.54) is 0 Å². The average Bonchev–Trinajstić information content (AvgIpc) is 3.09. The van der Waals surface area contributed by atoms with Crippen LogP contribution in [0.25, 0.3) is 11.3 Å². The molecule has 0 saturated carbocycles. The topological polar surface area (TPSA) is 118 Å². The molecule has 0 aliphatic rings. The lowest BCUT2D eigenvalue weighted by molar-refractivity contribution is -0.127. The van der Waals surface area contributed by atoms with Crippen LogP contribution in [0.1, 0.15) is 27.6 Å². The Morgan fingerprint density at radius 2 is 1.86 bits per heavy atom. The number of aryl methyl sites for hydroxylation is 2. The van der Waals surface area contributed by atoms with Crippen molar-refractivity contribution in [3.8, 4) is 11.3 Å². The van der Waals surface area contributed by atoms with E-state index in [1.54, 1.807) is 6.92 Å². The number of hydrogen-bond acceptors (Lipinski definition) is 5. The molecule has 0 spiro atoms. The maximum Gasteiger partial charge on any atom is 0.289 e. The summed E-state index contributed by atoms with van der Waals surface area (Å²) in [7, 11) is 0. The van der Waals surface area contributed by atoms with E-state index in [4.69, 9.17) is 10.2 Å². The highest BCUT2D eigenvalue weighted by Gasteiger charge is 2.29. The number of benzene rings is 2. The minimum absolute atomic E-state index is 0.0165. The van der Waals surface area contributed by atoms with Crippen molar-refractivity contribution in [1.82, 2.24) is 10.3 Å². The number of amides is 2. The van der Waals surface area contributed by atoms with Crippen LogP contribution in [0.15, 0.2) is 59.0 Å². The zero-order chi connectivity index (χ0) is 21.0. The van der Waals surface area contributed by atoms with Crippen LogP contribution in [0.2, 0.25) is 0 Å². The number of oxazole rings is 1. The molecule has 4 N–H and O–H groups in total. The highest BCUT2D eigenvalue weighted by Crippen LogP contribution is 2.25. The van der Waals surface area contributed by atoms with Crippen LogP contribution in [-0.2, 0) is 11.2 Å². The van der Waals surface area contributed by atoms with Gasteiger partial charge in [0.2, 0.25) is 11.7 Å². The van der Waals surface area contributed by atoms with Crippen molar-refractivity contribution < 1.29 is 19.1 Å². The SMILES string of the molecule is Cc1cccc(-c2nc(C)oc2C(=O)NC(Cc2ccccc2)C(O)C(N)=O)c1. The van der Waals surface area contributed by atoms with Crippen LogP contribution < -0.4 is 11.1 Å². The summed E-state index contributed by atoms with van der Waals surface area (Å²) in [5, 5.41) is 12.9. The number of nitrogens with zero attached hydrogens (tertiary/aromatic N) is 1. The van der Waals surface area contributed by atoms with Gasteiger partial charge in [-0.3, -0.25) is 9.59 Å². The van der Waals surface area contributed by atoms with Crippen molar-refractivity contribution in [2.24, 2.45) is 5.73 Å². The van der Waals surface area contributed by atoms with Crippen molar-refractivity contribution in [3.63, 3.8) is 0 Å². The number of aromatic nitrogens is 1. The highest BCUT2D eigenvalue weighted by atomic mass is 16.4. The van der Waals surface area contributed by atoms with Gasteiger partial charge in [0.15, 0.2) is 12.0 Å². The van der Waals surface area contributed by atoms with Crippen LogP contribution in [0.5, 0.6) is 0 Å². The Bertz CT molecular complexity index is 1010. The van der Waals surface area contributed by atoms with Gasteiger partial charge >= 0.3 is 0 Å². The Balaban J connectivity index is 1.89. The molecule has 0 fully saturated rings. The van der Waals surface area contributed by atoms with E-state index in [-0.39, 0.29) is 12.2 Å². The minimum atomic E-state index is -1.55. The monoisotopic (exact) mass is 393 g/mol. The highest BCUT2D eigenvalue weighted by molar-refractivity contribution is 5.97. The quantitative estimate of drug-likeness (QED) is 0.568. The van der Waals surface area contributed by atoms with Crippen LogP contribution in [0.3, 0.4) is 0 Å². The molecule has 2 atom stereocenters. The molecule has 1 aromatic heterocycles. The Morgan fingerprint density at radius 1 is 1.14 bits per heavy atom. The molecule has 7 nitrogen and oxygen atoms in total. The number of primary amides is 1. The summed E-state index contributed by atoms with van der Waals surface area (Å²) in [6.07, 6.45) is -1.32. The minimum Gasteiger partial charge on any atom is -0.435 e. The normalized spacial score (nSPS) is 12.9. The summed E-state index contributed by atoms with van der Waals surface area (Å²) < 4.78 is 5.54. The number of rotatable bonds is 7. The third-order valence-corrected chi connectivity index (χ3v) is 4.52. The fourth-order valence-corrected chi connectivity index (χ4v) is 3.11. The largest absolute Gasteiger partial charge is 0.435 e. The van der Waals surface area contributed by atoms with E-state index in [0.717, 1.165) is 16.7 Å². The summed E-state index contributed by atoms with van der Waals surface area (Å²) in [6.45, 7) is 3.59. The fourth-order valence-electron chi connectivity index (χ4n) is 3.11. The first kappa shape index (κ1) is 20.3. The van der Waals surface area contributed by atoms with E-state index < -0.39 is 24.0 Å². The smallest absolute Gasteiger partial charge is 0.289 e. The van der Waals surface area contributed by atoms with Gasteiger partial charge in [-0.25, -0.2) is 4.98 Å². The zero-order valence-electron chi connectivity index (χ0n) is 16.3. The molecule has 0 bridgehead atoms. The summed E-state index contributed by atoms with van der Waals surface area (Å²) in [5.74, 6) is -1.15. The second-order valence-corrected chi connectivity index (χ2v) is 6.90. The van der Waals surface area contributed by atoms with Crippen LogP contribution in [-0.4, -0.2) is 34.1 Å². The van der Waals surface area contributed by atoms with Crippen LogP contribution >= 0.6 is 0 Å². The van der Waals surface area contributed by atoms with E-state index >= 15 is 0 Å². The van der Waals surface area contributed by atoms with Gasteiger partial charge in [0.05, 0.1) is 6.04 Å². The molecule has 2 unspecified atom stereocenters. The number of carbonyl (C=O) groups is 2. The second-order valence-electron chi connectivity index (χ2n) is 6.90. The molecular weight excluding hydrogens is 370 g/mol. The Kier molecular flexibility index (Phi) is 6.09. The number of hydrogen-bond donors (Lipinski definition) is 3. The van der Waals surface area contributed by atoms with Gasteiger partial charge in [0.1, 0.15) is 5.69 Å². The lowest BCUT2D eigenvalue weighted by atomic mass is 10.0. The summed E-state index contributed by atoms with van der Waals surface area (Å²) in [6, 6.07) is 15.8. The molecule has 29 heavy (non-hydrogen) atoms. The molecule has 150 valence electrons. The Labute approximate surface area is 168 Å². The summed E-state index contributed by atoms with van der Waals surface area (Å²) in [4.78, 5) is 28.9. The van der Waals surface area contributed by atoms with E-state index in [0.29, 0.717) is 11.6 Å². The summed E-state index contributed by atoms with van der Waals surface area (Å²) in [5.41, 5.74) is 8.26. The van der Waals surface area contributed by atoms with E-state index in [2.05, 4.69) is 10.3 Å². The predicted octanol–water partition coefficient (Wildman–Crippen LogP) is 2.15. The van der Waals surface area contributed by atoms with Gasteiger partial charge in [-0.05, 0) is 25.0 Å². The van der Waals surface area contributed by atoms with Gasteiger partial charge in [-0.1, -0.05) is 54.1 Å². The van der Waals surface area contributed by atoms with Gasteiger partial charge in [-0.15, -0.1) is 0 Å². The molecule has 1 heterocycles. The predicted molar refractivity (Wildman–Crippen MR) is 108 cm³/mol. The second kappa shape index (κ2) is 8.70. The first-order chi connectivity index (χ1) is 13.8. The standard InChI is InChI=1S/C22H23N3O4/c1-13-7-6-10-16(11-13)18-20(29-14(2)24-18)22(28)25-17(19(26)21(23)27)12-15-8-4-3-5-9-15/h3-11,17,19,26H,12H2,1-2H3,(H2,23,27)(H,25,28). The van der Waals surface area contributed by atoms with Crippen molar-refractivity contribution in [3.05, 3.63) is 77.4 Å². The third kappa shape index (κ3) is 4.89. The molecule has 0 radical (unpaired) electrons. The summed E-state index contributed by atoms with van der Waals surface area (Å²) >= 11 is 0. The van der Waals surface area contributed by atoms with E-state index in [1.807, 2.05) is 61.5 Å². The van der Waals surface area contributed by atoms with Crippen molar-refractivity contribution in [2.75, 3.05) is 0 Å². The lowest BCUT2D eigenvalue weighted by Gasteiger charge is -2.22.